The van der Waals surface area contributed by atoms with Crippen molar-refractivity contribution in [3.63, 3.8) is 0 Å². The molecule has 0 fully saturated rings. The Labute approximate surface area is 98.5 Å². The Morgan fingerprint density at radius 1 is 1.44 bits per heavy atom. The van der Waals surface area contributed by atoms with Gasteiger partial charge in [0.1, 0.15) is 5.75 Å². The van der Waals surface area contributed by atoms with Crippen LogP contribution >= 0.6 is 15.9 Å². The summed E-state index contributed by atoms with van der Waals surface area (Å²) >= 11 is 3.09. The predicted octanol–water partition coefficient (Wildman–Crippen LogP) is 3.94. The van der Waals surface area contributed by atoms with E-state index in [1.807, 2.05) is 0 Å². The van der Waals surface area contributed by atoms with Gasteiger partial charge in [-0.3, -0.25) is 4.79 Å². The van der Waals surface area contributed by atoms with Gasteiger partial charge in [0, 0.05) is 16.5 Å². The molecule has 0 heterocycles. The van der Waals surface area contributed by atoms with Gasteiger partial charge in [0.05, 0.1) is 0 Å². The van der Waals surface area contributed by atoms with Crippen molar-refractivity contribution in [3.05, 3.63) is 28.2 Å². The third-order valence-electron chi connectivity index (χ3n) is 1.79. The number of alkyl halides is 3. The molecule has 0 radical (unpaired) electrons. The highest BCUT2D eigenvalue weighted by atomic mass is 79.9. The molecule has 0 saturated heterocycles. The lowest BCUT2D eigenvalue weighted by Crippen LogP contribution is -2.17. The maximum absolute atomic E-state index is 11.9. The van der Waals surface area contributed by atoms with E-state index in [1.165, 1.54) is 6.07 Å². The summed E-state index contributed by atoms with van der Waals surface area (Å²) in [5, 5.41) is 0. The number of benzene rings is 1. The van der Waals surface area contributed by atoms with Crippen LogP contribution < -0.4 is 4.74 Å². The van der Waals surface area contributed by atoms with E-state index >= 15 is 0 Å². The first kappa shape index (κ1) is 13.0. The van der Waals surface area contributed by atoms with E-state index in [0.29, 0.717) is 4.47 Å². The highest BCUT2D eigenvalue weighted by molar-refractivity contribution is 9.10. The van der Waals surface area contributed by atoms with E-state index in [4.69, 9.17) is 0 Å². The molecule has 6 heteroatoms. The molecule has 1 aromatic carbocycles. The largest absolute Gasteiger partial charge is 0.573 e. The minimum Gasteiger partial charge on any atom is -0.406 e. The number of carbonyl (C=O) groups excluding carboxylic acids is 1. The van der Waals surface area contributed by atoms with Gasteiger partial charge in [-0.2, -0.15) is 0 Å². The molecule has 0 amide bonds. The summed E-state index contributed by atoms with van der Waals surface area (Å²) in [6.45, 7) is 1.63. The van der Waals surface area contributed by atoms with Crippen LogP contribution in [0.4, 0.5) is 13.2 Å². The van der Waals surface area contributed by atoms with Crippen LogP contribution in [-0.2, 0) is 0 Å². The van der Waals surface area contributed by atoms with E-state index in [2.05, 4.69) is 20.7 Å². The maximum atomic E-state index is 11.9. The second kappa shape index (κ2) is 4.86. The Balaban J connectivity index is 3.03. The van der Waals surface area contributed by atoms with Crippen molar-refractivity contribution in [1.82, 2.24) is 0 Å². The molecule has 0 bridgehead atoms. The summed E-state index contributed by atoms with van der Waals surface area (Å²) in [4.78, 5) is 11.4. The minimum atomic E-state index is -4.75. The van der Waals surface area contributed by atoms with Gasteiger partial charge in [-0.15, -0.1) is 13.2 Å². The van der Waals surface area contributed by atoms with Gasteiger partial charge in [-0.1, -0.05) is 22.9 Å². The third-order valence-corrected chi connectivity index (χ3v) is 2.48. The fraction of sp³-hybridized carbons (Fsp3) is 0.300. The van der Waals surface area contributed by atoms with E-state index in [-0.39, 0.29) is 17.8 Å². The molecule has 0 aliphatic carbocycles. The van der Waals surface area contributed by atoms with E-state index in [0.717, 1.165) is 12.1 Å². The smallest absolute Gasteiger partial charge is 0.406 e. The Bertz CT molecular complexity index is 402. The number of carbonyl (C=O) groups is 1. The van der Waals surface area contributed by atoms with Gasteiger partial charge in [0.2, 0.25) is 0 Å². The highest BCUT2D eigenvalue weighted by Crippen LogP contribution is 2.27. The Hall–Kier alpha value is -1.04. The van der Waals surface area contributed by atoms with Crippen LogP contribution in [0.15, 0.2) is 22.7 Å². The molecule has 1 rings (SSSR count). The lowest BCUT2D eigenvalue weighted by atomic mass is 10.1. The summed E-state index contributed by atoms with van der Waals surface area (Å²) in [6, 6.07) is 3.57. The molecule has 0 unspecified atom stereocenters. The summed E-state index contributed by atoms with van der Waals surface area (Å²) in [5.74, 6) is -0.646. The topological polar surface area (TPSA) is 26.3 Å². The number of hydrogen-bond donors (Lipinski definition) is 0. The zero-order valence-electron chi connectivity index (χ0n) is 8.27. The average molecular weight is 297 g/mol. The van der Waals surface area contributed by atoms with Crippen molar-refractivity contribution >= 4 is 21.7 Å². The van der Waals surface area contributed by atoms with E-state index in [1.54, 1.807) is 6.92 Å². The number of ketones is 1. The first-order valence-corrected chi connectivity index (χ1v) is 5.21. The summed E-state index contributed by atoms with van der Waals surface area (Å²) < 4.78 is 40.0. The lowest BCUT2D eigenvalue weighted by Gasteiger charge is -2.10. The van der Waals surface area contributed by atoms with Crippen LogP contribution in [0.3, 0.4) is 0 Å². The quantitative estimate of drug-likeness (QED) is 0.790. The molecule has 88 valence electrons. The Morgan fingerprint density at radius 2 is 2.06 bits per heavy atom. The van der Waals surface area contributed by atoms with Crippen LogP contribution in [-0.4, -0.2) is 12.1 Å². The van der Waals surface area contributed by atoms with Crippen molar-refractivity contribution < 1.29 is 22.7 Å². The second-order valence-electron chi connectivity index (χ2n) is 2.97. The number of ether oxygens (including phenoxy) is 1. The van der Waals surface area contributed by atoms with Gasteiger partial charge in [-0.05, 0) is 18.2 Å². The molecule has 0 N–H and O–H groups in total. The first-order chi connectivity index (χ1) is 7.33. The van der Waals surface area contributed by atoms with E-state index in [9.17, 15) is 18.0 Å². The van der Waals surface area contributed by atoms with Crippen molar-refractivity contribution in [2.24, 2.45) is 0 Å². The lowest BCUT2D eigenvalue weighted by molar-refractivity contribution is -0.274. The van der Waals surface area contributed by atoms with Gasteiger partial charge >= 0.3 is 6.36 Å². The maximum Gasteiger partial charge on any atom is 0.573 e. The molecule has 0 aliphatic heterocycles. The molecule has 2 nitrogen and oxygen atoms in total. The Morgan fingerprint density at radius 3 is 2.56 bits per heavy atom. The van der Waals surface area contributed by atoms with Crippen LogP contribution in [0.25, 0.3) is 0 Å². The molecular formula is C10H8BrF3O2. The summed E-state index contributed by atoms with van der Waals surface area (Å²) in [7, 11) is 0. The van der Waals surface area contributed by atoms with Gasteiger partial charge in [-0.25, -0.2) is 0 Å². The average Bonchev–Trinajstić information content (AvgIpc) is 2.18. The monoisotopic (exact) mass is 296 g/mol. The molecule has 16 heavy (non-hydrogen) atoms. The normalized spacial score (nSPS) is 11.3. The van der Waals surface area contributed by atoms with Crippen molar-refractivity contribution in [1.29, 1.82) is 0 Å². The molecule has 0 atom stereocenters. The zero-order valence-corrected chi connectivity index (χ0v) is 9.85. The molecular weight excluding hydrogens is 289 g/mol. The highest BCUT2D eigenvalue weighted by Gasteiger charge is 2.31. The van der Waals surface area contributed by atoms with Crippen LogP contribution in [0.2, 0.25) is 0 Å². The Kier molecular flexibility index (Phi) is 3.96. The third kappa shape index (κ3) is 3.52. The van der Waals surface area contributed by atoms with Crippen LogP contribution in [0.1, 0.15) is 23.7 Å². The first-order valence-electron chi connectivity index (χ1n) is 4.42. The summed E-state index contributed by atoms with van der Waals surface area (Å²) in [6.07, 6.45) is -4.53. The van der Waals surface area contributed by atoms with E-state index < -0.39 is 12.1 Å². The molecule has 1 aromatic rings. The number of halogens is 4. The molecule has 0 spiro atoms. The van der Waals surface area contributed by atoms with Crippen molar-refractivity contribution in [3.8, 4) is 5.75 Å². The minimum absolute atomic E-state index is 0.184. The SMILES string of the molecule is CCC(=O)c1cc(OC(F)(F)F)ccc1Br. The van der Waals surface area contributed by atoms with Gasteiger partial charge in [0.25, 0.3) is 0 Å². The number of Topliss-reactive ketones (excluding diaryl/α,β-unsaturated/α-hetero) is 1. The fourth-order valence-electron chi connectivity index (χ4n) is 1.11. The summed E-state index contributed by atoms with van der Waals surface area (Å²) in [5.41, 5.74) is 0.184. The zero-order chi connectivity index (χ0) is 12.3. The molecule has 0 saturated carbocycles. The van der Waals surface area contributed by atoms with Crippen molar-refractivity contribution in [2.75, 3.05) is 0 Å². The van der Waals surface area contributed by atoms with Crippen LogP contribution in [0, 0.1) is 0 Å². The molecule has 0 aliphatic rings. The fourth-order valence-corrected chi connectivity index (χ4v) is 1.57. The predicted molar refractivity (Wildman–Crippen MR) is 55.4 cm³/mol. The second-order valence-corrected chi connectivity index (χ2v) is 3.82. The molecule has 0 aromatic heterocycles. The van der Waals surface area contributed by atoms with Crippen molar-refractivity contribution in [2.45, 2.75) is 19.7 Å². The number of hydrogen-bond acceptors (Lipinski definition) is 2. The van der Waals surface area contributed by atoms with Gasteiger partial charge in [0.15, 0.2) is 5.78 Å². The van der Waals surface area contributed by atoms with Crippen LogP contribution in [0.5, 0.6) is 5.75 Å². The number of rotatable bonds is 3. The van der Waals surface area contributed by atoms with Gasteiger partial charge < -0.3 is 4.74 Å². The standard InChI is InChI=1S/C10H8BrF3O2/c1-2-9(15)7-5-6(3-4-8(7)11)16-10(12,13)14/h3-5H,2H2,1H3.